The van der Waals surface area contributed by atoms with Gasteiger partial charge in [0.25, 0.3) is 0 Å². The second-order valence-corrected chi connectivity index (χ2v) is 7.43. The van der Waals surface area contributed by atoms with Crippen LogP contribution in [-0.2, 0) is 4.74 Å². The van der Waals surface area contributed by atoms with Crippen LogP contribution >= 0.6 is 0 Å². The Kier molecular flexibility index (Phi) is 5.87. The normalized spacial score (nSPS) is 25.4. The Morgan fingerprint density at radius 3 is 2.54 bits per heavy atom. The Morgan fingerprint density at radius 1 is 1.31 bits per heavy atom. The van der Waals surface area contributed by atoms with Crippen molar-refractivity contribution in [3.8, 4) is 0 Å². The molecule has 0 aliphatic carbocycles. The molecule has 2 saturated heterocycles. The number of nitro groups is 1. The first-order chi connectivity index (χ1) is 12.4. The first-order valence-electron chi connectivity index (χ1n) is 9.32. The molecule has 26 heavy (non-hydrogen) atoms. The summed E-state index contributed by atoms with van der Waals surface area (Å²) in [5.41, 5.74) is 5.44. The molecule has 9 heteroatoms. The first kappa shape index (κ1) is 18.8. The standard InChI is InChI=1S/C17H28N6O3/c1-12-10-21(11-13(2)26-12)6-3-14-4-7-22(8-5-14)17-19-9-15(23(24)25)16(18)20-17/h9,12-14H,3-8,10-11H2,1-2H3,(H2,18,19,20). The van der Waals surface area contributed by atoms with Gasteiger partial charge in [-0.1, -0.05) is 0 Å². The largest absolute Gasteiger partial charge is 0.378 e. The zero-order chi connectivity index (χ0) is 18.7. The van der Waals surface area contributed by atoms with Crippen LogP contribution in [0.2, 0.25) is 0 Å². The molecule has 0 amide bonds. The number of hydrogen-bond donors (Lipinski definition) is 1. The van der Waals surface area contributed by atoms with Crippen LogP contribution < -0.4 is 10.6 Å². The fraction of sp³-hybridized carbons (Fsp3) is 0.765. The van der Waals surface area contributed by atoms with E-state index in [0.717, 1.165) is 45.6 Å². The number of ether oxygens (including phenoxy) is 1. The van der Waals surface area contributed by atoms with Gasteiger partial charge in [-0.25, -0.2) is 4.98 Å². The molecule has 2 aliphatic rings. The van der Waals surface area contributed by atoms with Gasteiger partial charge in [-0.2, -0.15) is 4.98 Å². The van der Waals surface area contributed by atoms with Crippen molar-refractivity contribution >= 4 is 17.5 Å². The van der Waals surface area contributed by atoms with Crippen molar-refractivity contribution < 1.29 is 9.66 Å². The minimum atomic E-state index is -0.557. The molecule has 3 heterocycles. The molecule has 0 bridgehead atoms. The number of anilines is 2. The molecule has 2 unspecified atom stereocenters. The second-order valence-electron chi connectivity index (χ2n) is 7.43. The summed E-state index contributed by atoms with van der Waals surface area (Å²) in [7, 11) is 0. The van der Waals surface area contributed by atoms with Gasteiger partial charge in [-0.05, 0) is 45.6 Å². The molecule has 2 N–H and O–H groups in total. The van der Waals surface area contributed by atoms with Gasteiger partial charge >= 0.3 is 5.69 Å². The van der Waals surface area contributed by atoms with E-state index in [0.29, 0.717) is 24.1 Å². The van der Waals surface area contributed by atoms with E-state index < -0.39 is 4.92 Å². The Hall–Kier alpha value is -2.00. The number of aromatic nitrogens is 2. The second kappa shape index (κ2) is 8.13. The highest BCUT2D eigenvalue weighted by Gasteiger charge is 2.26. The van der Waals surface area contributed by atoms with Crippen molar-refractivity contribution in [1.29, 1.82) is 0 Å². The zero-order valence-electron chi connectivity index (χ0n) is 15.5. The molecule has 2 aliphatic heterocycles. The molecule has 1 aromatic heterocycles. The van der Waals surface area contributed by atoms with Crippen molar-refractivity contribution in [3.63, 3.8) is 0 Å². The van der Waals surface area contributed by atoms with Crippen molar-refractivity contribution in [2.45, 2.75) is 45.3 Å². The number of hydrogen-bond acceptors (Lipinski definition) is 8. The maximum absolute atomic E-state index is 10.8. The summed E-state index contributed by atoms with van der Waals surface area (Å²) in [5.74, 6) is 1.11. The number of piperidine rings is 1. The number of nitrogen functional groups attached to an aromatic ring is 1. The van der Waals surface area contributed by atoms with Crippen LogP contribution in [0.5, 0.6) is 0 Å². The van der Waals surface area contributed by atoms with E-state index in [2.05, 4.69) is 33.6 Å². The number of nitrogens with zero attached hydrogens (tertiary/aromatic N) is 5. The highest BCUT2D eigenvalue weighted by atomic mass is 16.6. The van der Waals surface area contributed by atoms with Gasteiger partial charge in [0.1, 0.15) is 6.20 Å². The number of nitrogens with two attached hydrogens (primary N) is 1. The third-order valence-electron chi connectivity index (χ3n) is 5.23. The van der Waals surface area contributed by atoms with Gasteiger partial charge < -0.3 is 15.4 Å². The average molecular weight is 364 g/mol. The smallest absolute Gasteiger partial charge is 0.329 e. The van der Waals surface area contributed by atoms with Crippen LogP contribution in [0.25, 0.3) is 0 Å². The lowest BCUT2D eigenvalue weighted by molar-refractivity contribution is -0.384. The summed E-state index contributed by atoms with van der Waals surface area (Å²) >= 11 is 0. The van der Waals surface area contributed by atoms with Crippen molar-refractivity contribution in [2.75, 3.05) is 43.4 Å². The van der Waals surface area contributed by atoms with E-state index in [1.54, 1.807) is 0 Å². The maximum atomic E-state index is 10.8. The highest BCUT2D eigenvalue weighted by Crippen LogP contribution is 2.26. The lowest BCUT2D eigenvalue weighted by Gasteiger charge is -2.37. The monoisotopic (exact) mass is 364 g/mol. The van der Waals surface area contributed by atoms with Gasteiger partial charge in [0.05, 0.1) is 17.1 Å². The summed E-state index contributed by atoms with van der Waals surface area (Å²) in [4.78, 5) is 23.1. The summed E-state index contributed by atoms with van der Waals surface area (Å²) in [6, 6.07) is 0. The topological polar surface area (TPSA) is 111 Å². The minimum Gasteiger partial charge on any atom is -0.378 e. The molecule has 0 spiro atoms. The summed E-state index contributed by atoms with van der Waals surface area (Å²) < 4.78 is 5.79. The van der Waals surface area contributed by atoms with Gasteiger partial charge in [-0.15, -0.1) is 0 Å². The van der Waals surface area contributed by atoms with Crippen LogP contribution in [0.4, 0.5) is 17.5 Å². The van der Waals surface area contributed by atoms with Crippen molar-refractivity contribution in [2.24, 2.45) is 5.92 Å². The molecule has 144 valence electrons. The van der Waals surface area contributed by atoms with Crippen LogP contribution in [0, 0.1) is 16.0 Å². The first-order valence-corrected chi connectivity index (χ1v) is 9.32. The van der Waals surface area contributed by atoms with Crippen LogP contribution in [0.3, 0.4) is 0 Å². The van der Waals surface area contributed by atoms with Crippen LogP contribution in [0.1, 0.15) is 33.1 Å². The zero-order valence-corrected chi connectivity index (χ0v) is 15.5. The third-order valence-corrected chi connectivity index (χ3v) is 5.23. The van der Waals surface area contributed by atoms with Gasteiger partial charge in [0.2, 0.25) is 11.8 Å². The average Bonchev–Trinajstić information content (AvgIpc) is 2.59. The molecular weight excluding hydrogens is 336 g/mol. The lowest BCUT2D eigenvalue weighted by Crippen LogP contribution is -2.46. The fourth-order valence-corrected chi connectivity index (χ4v) is 3.93. The SMILES string of the molecule is CC1CN(CCC2CCN(c3ncc([N+](=O)[O-])c(N)n3)CC2)CC(C)O1. The molecule has 3 rings (SSSR count). The molecule has 1 aromatic rings. The predicted octanol–water partition coefficient (Wildman–Crippen LogP) is 1.68. The Labute approximate surface area is 153 Å². The molecule has 0 saturated carbocycles. The van der Waals surface area contributed by atoms with Gasteiger partial charge in [-0.3, -0.25) is 15.0 Å². The quantitative estimate of drug-likeness (QED) is 0.620. The van der Waals surface area contributed by atoms with E-state index in [4.69, 9.17) is 10.5 Å². The summed E-state index contributed by atoms with van der Waals surface area (Å²) in [5, 5.41) is 10.8. The summed E-state index contributed by atoms with van der Waals surface area (Å²) in [6.07, 6.45) is 5.17. The summed E-state index contributed by atoms with van der Waals surface area (Å²) in [6.45, 7) is 9.13. The van der Waals surface area contributed by atoms with Crippen molar-refractivity contribution in [1.82, 2.24) is 14.9 Å². The molecule has 9 nitrogen and oxygen atoms in total. The molecular formula is C17H28N6O3. The molecule has 0 aromatic carbocycles. The predicted molar refractivity (Wildman–Crippen MR) is 99.1 cm³/mol. The van der Waals surface area contributed by atoms with E-state index >= 15 is 0 Å². The molecule has 0 radical (unpaired) electrons. The van der Waals surface area contributed by atoms with E-state index in [9.17, 15) is 10.1 Å². The Balaban J connectivity index is 1.47. The van der Waals surface area contributed by atoms with Gasteiger partial charge in [0.15, 0.2) is 0 Å². The highest BCUT2D eigenvalue weighted by molar-refractivity contribution is 5.53. The van der Waals surface area contributed by atoms with E-state index in [1.807, 2.05) is 0 Å². The molecule has 2 atom stereocenters. The third kappa shape index (κ3) is 4.59. The Bertz CT molecular complexity index is 625. The fourth-order valence-electron chi connectivity index (χ4n) is 3.93. The van der Waals surface area contributed by atoms with Crippen molar-refractivity contribution in [3.05, 3.63) is 16.3 Å². The van der Waals surface area contributed by atoms with Gasteiger partial charge in [0, 0.05) is 26.2 Å². The number of rotatable bonds is 5. The molecule has 2 fully saturated rings. The minimum absolute atomic E-state index is 0.0716. The van der Waals surface area contributed by atoms with Crippen LogP contribution in [-0.4, -0.2) is 64.7 Å². The van der Waals surface area contributed by atoms with E-state index in [1.165, 1.54) is 12.6 Å². The van der Waals surface area contributed by atoms with E-state index in [-0.39, 0.29) is 11.5 Å². The Morgan fingerprint density at radius 2 is 1.96 bits per heavy atom. The lowest BCUT2D eigenvalue weighted by atomic mass is 9.93. The van der Waals surface area contributed by atoms with Crippen LogP contribution in [0.15, 0.2) is 6.20 Å². The number of morpholine rings is 1. The maximum Gasteiger partial charge on any atom is 0.329 e.